The minimum absolute atomic E-state index is 0.121. The summed E-state index contributed by atoms with van der Waals surface area (Å²) in [5.41, 5.74) is -0.121. The third-order valence-corrected chi connectivity index (χ3v) is 3.25. The molecule has 0 aliphatic heterocycles. The first kappa shape index (κ1) is 13.7. The van der Waals surface area contributed by atoms with Crippen LogP contribution in [-0.4, -0.2) is 35.1 Å². The normalized spacial score (nSPS) is 15.9. The Morgan fingerprint density at radius 2 is 2.06 bits per heavy atom. The quantitative estimate of drug-likeness (QED) is 0.769. The van der Waals surface area contributed by atoms with Crippen LogP contribution in [0.5, 0.6) is 5.19 Å². The van der Waals surface area contributed by atoms with Gasteiger partial charge in [-0.05, 0) is 33.6 Å². The highest BCUT2D eigenvalue weighted by atomic mass is 32.1. The maximum absolute atomic E-state index is 5.56. The van der Waals surface area contributed by atoms with E-state index in [1.54, 1.807) is 0 Å². The van der Waals surface area contributed by atoms with Crippen molar-refractivity contribution in [3.63, 3.8) is 0 Å². The molecule has 0 aromatic carbocycles. The van der Waals surface area contributed by atoms with Crippen LogP contribution in [0, 0.1) is 0 Å². The molecule has 1 N–H and O–H groups in total. The fraction of sp³-hybridized carbons (Fsp3) is 0.833. The topological polar surface area (TPSA) is 56.3 Å². The summed E-state index contributed by atoms with van der Waals surface area (Å²) in [5, 5.41) is 13.1. The molecule has 1 heterocycles. The first-order valence-corrected chi connectivity index (χ1v) is 7.17. The first-order chi connectivity index (χ1) is 8.53. The summed E-state index contributed by atoms with van der Waals surface area (Å²) in [6.07, 6.45) is 2.57. The van der Waals surface area contributed by atoms with Crippen molar-refractivity contribution in [1.29, 1.82) is 0 Å². The Balaban J connectivity index is 1.63. The molecule has 5 nitrogen and oxygen atoms in total. The van der Waals surface area contributed by atoms with Crippen molar-refractivity contribution in [2.45, 2.75) is 51.8 Å². The fourth-order valence-electron chi connectivity index (χ4n) is 1.36. The van der Waals surface area contributed by atoms with E-state index in [1.165, 1.54) is 24.2 Å². The maximum atomic E-state index is 5.56. The SMILES string of the molecule is CC(C)(C)OCCOc1nnc(CNC2CC2)s1. The lowest BCUT2D eigenvalue weighted by Gasteiger charge is -2.18. The van der Waals surface area contributed by atoms with Gasteiger partial charge in [0.25, 0.3) is 5.19 Å². The molecular weight excluding hydrogens is 250 g/mol. The summed E-state index contributed by atoms with van der Waals surface area (Å²) < 4.78 is 11.1. The monoisotopic (exact) mass is 271 g/mol. The highest BCUT2D eigenvalue weighted by molar-refractivity contribution is 7.13. The molecular formula is C12H21N3O2S. The van der Waals surface area contributed by atoms with Crippen LogP contribution in [0.1, 0.15) is 38.6 Å². The van der Waals surface area contributed by atoms with E-state index >= 15 is 0 Å². The van der Waals surface area contributed by atoms with Gasteiger partial charge in [0.05, 0.1) is 18.8 Å². The standard InChI is InChI=1S/C12H21N3O2S/c1-12(2,3)17-7-6-16-11-15-14-10(18-11)8-13-9-4-5-9/h9,13H,4-8H2,1-3H3. The molecule has 0 bridgehead atoms. The van der Waals surface area contributed by atoms with Crippen LogP contribution < -0.4 is 10.1 Å². The van der Waals surface area contributed by atoms with Crippen molar-refractivity contribution >= 4 is 11.3 Å². The Morgan fingerprint density at radius 3 is 2.72 bits per heavy atom. The second kappa shape index (κ2) is 5.95. The van der Waals surface area contributed by atoms with Crippen molar-refractivity contribution in [2.24, 2.45) is 0 Å². The third-order valence-electron chi connectivity index (χ3n) is 2.41. The van der Waals surface area contributed by atoms with Crippen LogP contribution in [-0.2, 0) is 11.3 Å². The van der Waals surface area contributed by atoms with E-state index in [2.05, 4.69) is 15.5 Å². The Bertz CT molecular complexity index is 372. The van der Waals surface area contributed by atoms with Crippen molar-refractivity contribution in [2.75, 3.05) is 13.2 Å². The zero-order valence-corrected chi connectivity index (χ0v) is 12.0. The lowest BCUT2D eigenvalue weighted by Crippen LogP contribution is -2.22. The number of rotatable bonds is 7. The van der Waals surface area contributed by atoms with Crippen LogP contribution >= 0.6 is 11.3 Å². The van der Waals surface area contributed by atoms with Crippen LogP contribution in [0.15, 0.2) is 0 Å². The van der Waals surface area contributed by atoms with Gasteiger partial charge in [-0.2, -0.15) is 0 Å². The zero-order valence-electron chi connectivity index (χ0n) is 11.2. The van der Waals surface area contributed by atoms with Crippen LogP contribution in [0.4, 0.5) is 0 Å². The van der Waals surface area contributed by atoms with E-state index in [0.717, 1.165) is 11.6 Å². The zero-order chi connectivity index (χ0) is 13.0. The van der Waals surface area contributed by atoms with Crippen molar-refractivity contribution < 1.29 is 9.47 Å². The van der Waals surface area contributed by atoms with Gasteiger partial charge in [-0.1, -0.05) is 11.3 Å². The Labute approximate surface area is 112 Å². The van der Waals surface area contributed by atoms with Gasteiger partial charge in [0.2, 0.25) is 0 Å². The molecule has 1 saturated carbocycles. The van der Waals surface area contributed by atoms with E-state index in [-0.39, 0.29) is 5.60 Å². The predicted molar refractivity (Wildman–Crippen MR) is 71.0 cm³/mol. The highest BCUT2D eigenvalue weighted by Crippen LogP contribution is 2.22. The molecule has 0 unspecified atom stereocenters. The maximum Gasteiger partial charge on any atom is 0.294 e. The summed E-state index contributed by atoms with van der Waals surface area (Å²) in [5.74, 6) is 0. The predicted octanol–water partition coefficient (Wildman–Crippen LogP) is 1.98. The van der Waals surface area contributed by atoms with Crippen LogP contribution in [0.3, 0.4) is 0 Å². The Hall–Kier alpha value is -0.720. The van der Waals surface area contributed by atoms with Gasteiger partial charge < -0.3 is 14.8 Å². The lowest BCUT2D eigenvalue weighted by atomic mass is 10.2. The number of aromatic nitrogens is 2. The largest absolute Gasteiger partial charge is 0.466 e. The summed E-state index contributed by atoms with van der Waals surface area (Å²) in [4.78, 5) is 0. The molecule has 0 spiro atoms. The average molecular weight is 271 g/mol. The summed E-state index contributed by atoms with van der Waals surface area (Å²) in [6.45, 7) is 7.96. The molecule has 1 fully saturated rings. The Morgan fingerprint density at radius 1 is 1.28 bits per heavy atom. The van der Waals surface area contributed by atoms with E-state index in [9.17, 15) is 0 Å². The number of hydrogen-bond donors (Lipinski definition) is 1. The van der Waals surface area contributed by atoms with E-state index in [4.69, 9.17) is 9.47 Å². The molecule has 102 valence electrons. The third kappa shape index (κ3) is 5.29. The number of nitrogens with one attached hydrogen (secondary N) is 1. The van der Waals surface area contributed by atoms with Crippen molar-refractivity contribution in [3.8, 4) is 5.19 Å². The van der Waals surface area contributed by atoms with Crippen molar-refractivity contribution in [1.82, 2.24) is 15.5 Å². The van der Waals surface area contributed by atoms with Crippen LogP contribution in [0.25, 0.3) is 0 Å². The minimum atomic E-state index is -0.121. The second-order valence-electron chi connectivity index (χ2n) is 5.43. The van der Waals surface area contributed by atoms with Gasteiger partial charge in [0.1, 0.15) is 11.6 Å². The molecule has 1 aromatic rings. The van der Waals surface area contributed by atoms with Crippen molar-refractivity contribution in [3.05, 3.63) is 5.01 Å². The number of nitrogens with zero attached hydrogens (tertiary/aromatic N) is 2. The molecule has 0 saturated heterocycles. The van der Waals surface area contributed by atoms with Gasteiger partial charge in [-0.25, -0.2) is 0 Å². The molecule has 2 rings (SSSR count). The molecule has 18 heavy (non-hydrogen) atoms. The molecule has 0 atom stereocenters. The first-order valence-electron chi connectivity index (χ1n) is 6.35. The van der Waals surface area contributed by atoms with E-state index in [0.29, 0.717) is 24.4 Å². The van der Waals surface area contributed by atoms with Gasteiger partial charge in [0, 0.05) is 6.04 Å². The number of hydrogen-bond acceptors (Lipinski definition) is 6. The van der Waals surface area contributed by atoms with E-state index < -0.39 is 0 Å². The molecule has 0 amide bonds. The summed E-state index contributed by atoms with van der Waals surface area (Å²) in [7, 11) is 0. The second-order valence-corrected chi connectivity index (χ2v) is 6.45. The molecule has 0 radical (unpaired) electrons. The minimum Gasteiger partial charge on any atom is -0.466 e. The van der Waals surface area contributed by atoms with Crippen LogP contribution in [0.2, 0.25) is 0 Å². The van der Waals surface area contributed by atoms with Gasteiger partial charge in [-0.3, -0.25) is 0 Å². The average Bonchev–Trinajstić information content (AvgIpc) is 3.00. The lowest BCUT2D eigenvalue weighted by molar-refractivity contribution is -0.0163. The van der Waals surface area contributed by atoms with Gasteiger partial charge in [-0.15, -0.1) is 10.2 Å². The molecule has 6 heteroatoms. The number of ether oxygens (including phenoxy) is 2. The van der Waals surface area contributed by atoms with E-state index in [1.807, 2.05) is 20.8 Å². The smallest absolute Gasteiger partial charge is 0.294 e. The van der Waals surface area contributed by atoms with Gasteiger partial charge >= 0.3 is 0 Å². The Kier molecular flexibility index (Phi) is 4.53. The molecule has 1 aromatic heterocycles. The summed E-state index contributed by atoms with van der Waals surface area (Å²) in [6, 6.07) is 0.693. The fourth-order valence-corrected chi connectivity index (χ4v) is 2.03. The van der Waals surface area contributed by atoms with Gasteiger partial charge in [0.15, 0.2) is 0 Å². The molecule has 1 aliphatic rings. The summed E-state index contributed by atoms with van der Waals surface area (Å²) >= 11 is 1.50. The highest BCUT2D eigenvalue weighted by Gasteiger charge is 2.20. The molecule has 1 aliphatic carbocycles.